The molecule has 2 saturated carbocycles. The Morgan fingerprint density at radius 3 is 2.92 bits per heavy atom. The highest BCUT2D eigenvalue weighted by molar-refractivity contribution is 5.42. The van der Waals surface area contributed by atoms with Crippen molar-refractivity contribution in [3.63, 3.8) is 0 Å². The lowest BCUT2D eigenvalue weighted by atomic mass is 9.56. The fourth-order valence-corrected chi connectivity index (χ4v) is 6.22. The number of hydrogen-bond donors (Lipinski definition) is 2. The third kappa shape index (κ3) is 2.41. The number of hydrogen-bond acceptors (Lipinski definition) is 4. The number of nitriles is 1. The molecule has 3 aliphatic carbocycles. The fourth-order valence-electron chi connectivity index (χ4n) is 6.22. The molecule has 4 rings (SSSR count). The zero-order valence-corrected chi connectivity index (χ0v) is 15.3. The molecule has 0 bridgehead atoms. The first-order valence-electron chi connectivity index (χ1n) is 9.60. The molecule has 4 nitrogen and oxygen atoms in total. The molecule has 7 atom stereocenters. The molecule has 0 spiro atoms. The number of aliphatic hydroxyl groups is 2. The SMILES string of the molecule is C=CC1Cc2cc(OC)ccc2C2CCC3C(CC(O)C3(O)CC#N)C12. The van der Waals surface area contributed by atoms with Gasteiger partial charge in [0.25, 0.3) is 0 Å². The van der Waals surface area contributed by atoms with Crippen LogP contribution < -0.4 is 4.74 Å². The first-order valence-corrected chi connectivity index (χ1v) is 9.60. The number of ether oxygens (including phenoxy) is 1. The van der Waals surface area contributed by atoms with Crippen LogP contribution >= 0.6 is 0 Å². The van der Waals surface area contributed by atoms with Gasteiger partial charge in [-0.2, -0.15) is 5.26 Å². The number of allylic oxidation sites excluding steroid dienone is 1. The van der Waals surface area contributed by atoms with Crippen molar-refractivity contribution < 1.29 is 14.9 Å². The second-order valence-electron chi connectivity index (χ2n) is 8.28. The van der Waals surface area contributed by atoms with Crippen LogP contribution in [0.15, 0.2) is 30.9 Å². The van der Waals surface area contributed by atoms with Gasteiger partial charge in [-0.05, 0) is 78.5 Å². The van der Waals surface area contributed by atoms with Crippen molar-refractivity contribution in [1.82, 2.24) is 0 Å². The zero-order chi connectivity index (χ0) is 18.5. The Labute approximate surface area is 155 Å². The van der Waals surface area contributed by atoms with Gasteiger partial charge in [0, 0.05) is 0 Å². The standard InChI is InChI=1S/C22H27NO3/c1-3-13-10-14-11-15(26-2)4-5-16(14)17-6-7-19-18(21(13)17)12-20(24)22(19,25)8-9-23/h3-5,11,13,17-21,24-25H,1,6-8,10,12H2,2H3. The lowest BCUT2D eigenvalue weighted by molar-refractivity contribution is -0.0907. The van der Waals surface area contributed by atoms with Gasteiger partial charge in [-0.3, -0.25) is 0 Å². The highest BCUT2D eigenvalue weighted by Gasteiger charge is 2.59. The van der Waals surface area contributed by atoms with Gasteiger partial charge in [0.05, 0.1) is 25.7 Å². The minimum absolute atomic E-state index is 0.000600. The van der Waals surface area contributed by atoms with Crippen LogP contribution in [0, 0.1) is 35.0 Å². The highest BCUT2D eigenvalue weighted by atomic mass is 16.5. The van der Waals surface area contributed by atoms with Crippen LogP contribution in [0.4, 0.5) is 0 Å². The summed E-state index contributed by atoms with van der Waals surface area (Å²) in [6, 6.07) is 8.46. The molecule has 138 valence electrons. The van der Waals surface area contributed by atoms with E-state index in [2.05, 4.69) is 30.9 Å². The fraction of sp³-hybridized carbons (Fsp3) is 0.591. The lowest BCUT2D eigenvalue weighted by Gasteiger charge is -2.49. The Morgan fingerprint density at radius 1 is 1.42 bits per heavy atom. The minimum Gasteiger partial charge on any atom is -0.497 e. The maximum Gasteiger partial charge on any atom is 0.119 e. The summed E-state index contributed by atoms with van der Waals surface area (Å²) in [5, 5.41) is 30.8. The van der Waals surface area contributed by atoms with Gasteiger partial charge in [0.15, 0.2) is 0 Å². The molecule has 2 fully saturated rings. The van der Waals surface area contributed by atoms with Gasteiger partial charge in [-0.1, -0.05) is 12.1 Å². The second-order valence-corrected chi connectivity index (χ2v) is 8.28. The summed E-state index contributed by atoms with van der Waals surface area (Å²) in [7, 11) is 1.69. The molecule has 4 heteroatoms. The van der Waals surface area contributed by atoms with Crippen molar-refractivity contribution >= 4 is 0 Å². The number of benzene rings is 1. The van der Waals surface area contributed by atoms with Crippen LogP contribution in [0.25, 0.3) is 0 Å². The van der Waals surface area contributed by atoms with Crippen molar-refractivity contribution in [3.05, 3.63) is 42.0 Å². The lowest BCUT2D eigenvalue weighted by Crippen LogP contribution is -2.47. The predicted octanol–water partition coefficient (Wildman–Crippen LogP) is 3.19. The van der Waals surface area contributed by atoms with E-state index < -0.39 is 11.7 Å². The number of nitrogens with zero attached hydrogens (tertiary/aromatic N) is 1. The maximum absolute atomic E-state index is 11.1. The summed E-state index contributed by atoms with van der Waals surface area (Å²) in [5.74, 6) is 2.24. The van der Waals surface area contributed by atoms with Crippen molar-refractivity contribution in [1.29, 1.82) is 5.26 Å². The molecule has 0 saturated heterocycles. The third-order valence-electron chi connectivity index (χ3n) is 7.34. The molecule has 1 aromatic carbocycles. The van der Waals surface area contributed by atoms with Crippen molar-refractivity contribution in [2.75, 3.05) is 7.11 Å². The molecule has 7 unspecified atom stereocenters. The molecule has 3 aliphatic rings. The zero-order valence-electron chi connectivity index (χ0n) is 15.3. The molecule has 26 heavy (non-hydrogen) atoms. The van der Waals surface area contributed by atoms with Crippen molar-refractivity contribution in [2.24, 2.45) is 23.7 Å². The summed E-state index contributed by atoms with van der Waals surface area (Å²) in [4.78, 5) is 0. The average Bonchev–Trinajstić information content (AvgIpc) is 2.91. The van der Waals surface area contributed by atoms with Crippen LogP contribution in [0.3, 0.4) is 0 Å². The Bertz CT molecular complexity index is 754. The van der Waals surface area contributed by atoms with E-state index in [0.29, 0.717) is 24.2 Å². The Kier molecular flexibility index (Phi) is 4.33. The average molecular weight is 353 g/mol. The summed E-state index contributed by atoms with van der Waals surface area (Å²) in [6.45, 7) is 4.09. The van der Waals surface area contributed by atoms with E-state index in [1.54, 1.807) is 7.11 Å². The Balaban J connectivity index is 1.73. The summed E-state index contributed by atoms with van der Waals surface area (Å²) in [5.41, 5.74) is 1.47. The number of rotatable bonds is 3. The second kappa shape index (κ2) is 6.40. The van der Waals surface area contributed by atoms with Crippen LogP contribution in [0.1, 0.15) is 42.7 Å². The van der Waals surface area contributed by atoms with Crippen LogP contribution in [0.2, 0.25) is 0 Å². The largest absolute Gasteiger partial charge is 0.497 e. The van der Waals surface area contributed by atoms with Gasteiger partial charge >= 0.3 is 0 Å². The quantitative estimate of drug-likeness (QED) is 0.819. The first kappa shape index (κ1) is 17.6. The normalized spacial score (nSPS) is 40.7. The Morgan fingerprint density at radius 2 is 2.23 bits per heavy atom. The van der Waals surface area contributed by atoms with Gasteiger partial charge < -0.3 is 14.9 Å². The van der Waals surface area contributed by atoms with Crippen LogP contribution in [-0.2, 0) is 6.42 Å². The monoisotopic (exact) mass is 353 g/mol. The molecule has 2 N–H and O–H groups in total. The maximum atomic E-state index is 11.1. The van der Waals surface area contributed by atoms with E-state index in [1.165, 1.54) is 11.1 Å². The van der Waals surface area contributed by atoms with Crippen molar-refractivity contribution in [3.8, 4) is 11.8 Å². The van der Waals surface area contributed by atoms with Gasteiger partial charge in [-0.15, -0.1) is 6.58 Å². The minimum atomic E-state index is -1.25. The summed E-state index contributed by atoms with van der Waals surface area (Å²) in [6.07, 6.45) is 4.61. The van der Waals surface area contributed by atoms with Gasteiger partial charge in [0.2, 0.25) is 0 Å². The number of fused-ring (bicyclic) bond motifs is 5. The topological polar surface area (TPSA) is 73.5 Å². The molecule has 1 aromatic rings. The summed E-state index contributed by atoms with van der Waals surface area (Å²) >= 11 is 0. The van der Waals surface area contributed by atoms with E-state index in [0.717, 1.165) is 25.0 Å². The van der Waals surface area contributed by atoms with E-state index in [-0.39, 0.29) is 18.3 Å². The molecule has 0 aliphatic heterocycles. The van der Waals surface area contributed by atoms with Gasteiger partial charge in [-0.25, -0.2) is 0 Å². The van der Waals surface area contributed by atoms with Crippen LogP contribution in [0.5, 0.6) is 5.75 Å². The Hall–Kier alpha value is -1.83. The van der Waals surface area contributed by atoms with E-state index in [1.807, 2.05) is 6.07 Å². The molecule has 0 radical (unpaired) electrons. The van der Waals surface area contributed by atoms with Gasteiger partial charge in [0.1, 0.15) is 11.4 Å². The van der Waals surface area contributed by atoms with E-state index in [4.69, 9.17) is 10.00 Å². The van der Waals surface area contributed by atoms with Crippen molar-refractivity contribution in [2.45, 2.75) is 49.7 Å². The summed E-state index contributed by atoms with van der Waals surface area (Å²) < 4.78 is 5.40. The molecule has 0 amide bonds. The van der Waals surface area contributed by atoms with Crippen LogP contribution in [-0.4, -0.2) is 29.0 Å². The predicted molar refractivity (Wildman–Crippen MR) is 98.6 cm³/mol. The first-order chi connectivity index (χ1) is 12.5. The molecule has 0 heterocycles. The molecule has 0 aromatic heterocycles. The molecular formula is C22H27NO3. The number of methoxy groups -OCH3 is 1. The molecular weight excluding hydrogens is 326 g/mol. The number of aliphatic hydroxyl groups excluding tert-OH is 1. The smallest absolute Gasteiger partial charge is 0.119 e. The third-order valence-corrected chi connectivity index (χ3v) is 7.34. The highest BCUT2D eigenvalue weighted by Crippen LogP contribution is 2.60. The van der Waals surface area contributed by atoms with E-state index >= 15 is 0 Å². The van der Waals surface area contributed by atoms with E-state index in [9.17, 15) is 10.2 Å².